The average molecular weight is 845 g/mol. The highest BCUT2D eigenvalue weighted by atomic mass is 32.3. The van der Waals surface area contributed by atoms with E-state index in [1.54, 1.807) is 0 Å². The second-order valence-electron chi connectivity index (χ2n) is 17.9. The van der Waals surface area contributed by atoms with E-state index in [1.165, 1.54) is 64.7 Å². The van der Waals surface area contributed by atoms with Crippen molar-refractivity contribution in [1.82, 2.24) is 0 Å². The van der Waals surface area contributed by atoms with Crippen molar-refractivity contribution >= 4 is 75.7 Å². The summed E-state index contributed by atoms with van der Waals surface area (Å²) in [5.74, 6) is 0. The monoisotopic (exact) mass is 844 g/mol. The van der Waals surface area contributed by atoms with Gasteiger partial charge in [0.2, 0.25) is 0 Å². The lowest BCUT2D eigenvalue weighted by molar-refractivity contribution is 1.27. The van der Waals surface area contributed by atoms with E-state index in [-0.39, 0.29) is 0 Å². The number of hydrogen-bond donors (Lipinski definition) is 0. The van der Waals surface area contributed by atoms with Crippen LogP contribution >= 0.6 is 20.1 Å². The minimum absolute atomic E-state index is 0.873. The van der Waals surface area contributed by atoms with Gasteiger partial charge in [-0.15, -0.1) is 0 Å². The number of hydrogen-bond acceptors (Lipinski definition) is 2. The average Bonchev–Trinajstić information content (AvgIpc) is 3.27. The molecule has 9 aromatic carbocycles. The molecule has 0 radical (unpaired) electrons. The van der Waals surface area contributed by atoms with Crippen molar-refractivity contribution < 1.29 is 0 Å². The van der Waals surface area contributed by atoms with Crippen molar-refractivity contribution in [3.63, 3.8) is 0 Å². The molecule has 0 atom stereocenters. The highest BCUT2D eigenvalue weighted by Crippen LogP contribution is 2.51. The quantitative estimate of drug-likeness (QED) is 0.127. The zero-order valence-electron chi connectivity index (χ0n) is 37.2. The lowest BCUT2D eigenvalue weighted by Gasteiger charge is -2.30. The molecule has 4 heteroatoms. The summed E-state index contributed by atoms with van der Waals surface area (Å²) >= 11 is 0. The first-order valence-corrected chi connectivity index (χ1v) is 27.0. The van der Waals surface area contributed by atoms with Gasteiger partial charge in [-0.05, 0) is 202 Å². The lowest BCUT2D eigenvalue weighted by atomic mass is 9.84. The van der Waals surface area contributed by atoms with Gasteiger partial charge in [0.05, 0.1) is 0 Å². The van der Waals surface area contributed by atoms with Crippen molar-refractivity contribution in [3.05, 3.63) is 205 Å². The second kappa shape index (κ2) is 16.6. The minimum Gasteiger partial charge on any atom is -0.310 e. The van der Waals surface area contributed by atoms with Crippen molar-refractivity contribution in [2.75, 3.05) is 47.3 Å². The number of para-hydroxylation sites is 2. The fourth-order valence-electron chi connectivity index (χ4n) is 8.59. The fourth-order valence-corrected chi connectivity index (χ4v) is 10.5. The summed E-state index contributed by atoms with van der Waals surface area (Å²) in [4.78, 5) is 7.61. The van der Waals surface area contributed by atoms with Crippen molar-refractivity contribution in [3.8, 4) is 22.3 Å². The Kier molecular flexibility index (Phi) is 11.0. The van der Waals surface area contributed by atoms with E-state index >= 15 is 0 Å². The van der Waals surface area contributed by atoms with Gasteiger partial charge in [0.15, 0.2) is 0 Å². The molecule has 0 amide bonds. The van der Waals surface area contributed by atoms with Crippen molar-refractivity contribution in [2.24, 2.45) is 0 Å². The van der Waals surface area contributed by atoms with Crippen LogP contribution in [0.15, 0.2) is 204 Å². The van der Waals surface area contributed by atoms with Crippen LogP contribution in [0, 0.1) is 13.8 Å². The van der Waals surface area contributed by atoms with Gasteiger partial charge in [-0.1, -0.05) is 108 Å². The summed E-state index contributed by atoms with van der Waals surface area (Å²) in [5.41, 5.74) is 14.2. The Morgan fingerprint density at radius 1 is 0.290 bits per heavy atom. The standard InChI is InChI=1S/C58H56N2S2/c1-41-19-23-43(24-20-41)57-53-37-31-49(59(45-15-11-9-12-16-45)47-27-33-51(34-28-47)61(3,4)5)39-55(53)56-40-50(32-38-54(56)58(57)44-25-21-42(2)22-26-44)60(46-17-13-10-14-18-46)48-29-35-52(36-30-48)62(6,7)8/h9-40H,1-8H3. The summed E-state index contributed by atoms with van der Waals surface area (Å²) in [7, 11) is -1.75. The molecular weight excluding hydrogens is 789 g/mol. The Hall–Kier alpha value is -6.20. The first-order valence-electron chi connectivity index (χ1n) is 21.3. The highest BCUT2D eigenvalue weighted by Gasteiger charge is 2.23. The van der Waals surface area contributed by atoms with E-state index in [0.717, 1.165) is 34.1 Å². The van der Waals surface area contributed by atoms with E-state index in [0.29, 0.717) is 0 Å². The molecule has 0 N–H and O–H groups in total. The van der Waals surface area contributed by atoms with Gasteiger partial charge in [-0.2, -0.15) is 0 Å². The molecule has 310 valence electrons. The highest BCUT2D eigenvalue weighted by molar-refractivity contribution is 8.32. The second-order valence-corrected chi connectivity index (χ2v) is 26.2. The van der Waals surface area contributed by atoms with Crippen molar-refractivity contribution in [2.45, 2.75) is 23.6 Å². The van der Waals surface area contributed by atoms with Crippen LogP contribution in [0.3, 0.4) is 0 Å². The SMILES string of the molecule is Cc1ccc(-c2c(-c3ccc(C)cc3)c3ccc(N(c4ccccc4)c4ccc(S(C)(C)C)cc4)cc3c3cc(N(c4ccccc4)c4ccc(S(C)(C)C)cc4)ccc23)cc1. The zero-order chi connectivity index (χ0) is 43.2. The van der Waals surface area contributed by atoms with Crippen LogP contribution in [0.25, 0.3) is 43.8 Å². The van der Waals surface area contributed by atoms with E-state index in [1.807, 2.05) is 0 Å². The number of benzene rings is 9. The maximum atomic E-state index is 2.43. The van der Waals surface area contributed by atoms with E-state index in [2.05, 4.69) is 255 Å². The molecule has 0 unspecified atom stereocenters. The van der Waals surface area contributed by atoms with Gasteiger partial charge in [0, 0.05) is 34.1 Å². The van der Waals surface area contributed by atoms with Gasteiger partial charge in [0.25, 0.3) is 0 Å². The maximum absolute atomic E-state index is 2.43. The van der Waals surface area contributed by atoms with Crippen LogP contribution in [0.2, 0.25) is 0 Å². The number of fused-ring (bicyclic) bond motifs is 3. The third kappa shape index (κ3) is 8.13. The molecule has 0 saturated carbocycles. The first kappa shape index (κ1) is 41.2. The molecule has 9 rings (SSSR count). The Morgan fingerprint density at radius 2 is 0.597 bits per heavy atom. The normalized spacial score (nSPS) is 12.4. The number of nitrogens with zero attached hydrogens (tertiary/aromatic N) is 2. The topological polar surface area (TPSA) is 6.48 Å². The largest absolute Gasteiger partial charge is 0.310 e. The van der Waals surface area contributed by atoms with Crippen LogP contribution in [-0.4, -0.2) is 37.5 Å². The molecule has 0 fully saturated rings. The predicted molar refractivity (Wildman–Crippen MR) is 278 cm³/mol. The molecule has 0 bridgehead atoms. The molecule has 0 aliphatic rings. The van der Waals surface area contributed by atoms with E-state index in [9.17, 15) is 0 Å². The Bertz CT molecular complexity index is 2790. The van der Waals surface area contributed by atoms with Gasteiger partial charge in [-0.25, -0.2) is 20.1 Å². The van der Waals surface area contributed by atoms with Gasteiger partial charge in [-0.3, -0.25) is 0 Å². The summed E-state index contributed by atoms with van der Waals surface area (Å²) in [6.45, 7) is 4.33. The fraction of sp³-hybridized carbons (Fsp3) is 0.138. The molecular formula is C58H56N2S2. The van der Waals surface area contributed by atoms with Crippen LogP contribution < -0.4 is 9.80 Å². The summed E-state index contributed by atoms with van der Waals surface area (Å²) in [5, 5.41) is 4.87. The molecule has 0 spiro atoms. The Morgan fingerprint density at radius 3 is 0.919 bits per heavy atom. The molecule has 0 aliphatic heterocycles. The molecule has 0 aliphatic carbocycles. The smallest absolute Gasteiger partial charge is 0.0468 e. The van der Waals surface area contributed by atoms with E-state index in [4.69, 9.17) is 0 Å². The van der Waals surface area contributed by atoms with Crippen molar-refractivity contribution in [1.29, 1.82) is 0 Å². The molecule has 0 aromatic heterocycles. The zero-order valence-corrected chi connectivity index (χ0v) is 38.8. The Labute approximate surface area is 372 Å². The molecule has 62 heavy (non-hydrogen) atoms. The number of anilines is 6. The van der Waals surface area contributed by atoms with Crippen LogP contribution in [0.4, 0.5) is 34.1 Å². The van der Waals surface area contributed by atoms with Gasteiger partial charge < -0.3 is 9.80 Å². The van der Waals surface area contributed by atoms with E-state index < -0.39 is 20.1 Å². The lowest BCUT2D eigenvalue weighted by Crippen LogP contribution is -2.10. The predicted octanol–water partition coefficient (Wildman–Crippen LogP) is 17.0. The Balaban J connectivity index is 1.36. The van der Waals surface area contributed by atoms with Crippen LogP contribution in [0.5, 0.6) is 0 Å². The maximum Gasteiger partial charge on any atom is 0.0468 e. The first-order chi connectivity index (χ1) is 29.8. The number of aryl methyl sites for hydroxylation is 2. The molecule has 0 saturated heterocycles. The van der Waals surface area contributed by atoms with Gasteiger partial charge >= 0.3 is 0 Å². The van der Waals surface area contributed by atoms with Crippen LogP contribution in [0.1, 0.15) is 11.1 Å². The molecule has 9 aromatic rings. The molecule has 0 heterocycles. The molecule has 2 nitrogen and oxygen atoms in total. The summed E-state index contributed by atoms with van der Waals surface area (Å²) < 4.78 is 0. The third-order valence-corrected chi connectivity index (χ3v) is 15.3. The minimum atomic E-state index is -0.873. The van der Waals surface area contributed by atoms with Crippen LogP contribution in [-0.2, 0) is 0 Å². The van der Waals surface area contributed by atoms with Gasteiger partial charge in [0.1, 0.15) is 0 Å². The summed E-state index contributed by atoms with van der Waals surface area (Å²) in [6, 6.07) is 72.4. The third-order valence-electron chi connectivity index (χ3n) is 11.9. The number of rotatable bonds is 10. The summed E-state index contributed by atoms with van der Waals surface area (Å²) in [6.07, 6.45) is 14.1.